The third-order valence-electron chi connectivity index (χ3n) is 4.98. The maximum absolute atomic E-state index is 12.9. The molecule has 28 heavy (non-hydrogen) atoms. The van der Waals surface area contributed by atoms with E-state index in [0.29, 0.717) is 17.4 Å². The van der Waals surface area contributed by atoms with Gasteiger partial charge in [0, 0.05) is 24.4 Å². The Labute approximate surface area is 167 Å². The lowest BCUT2D eigenvalue weighted by Crippen LogP contribution is -2.33. The number of hydrogen-bond donors (Lipinski definition) is 0. The number of aryl methyl sites for hydroxylation is 3. The fourth-order valence-corrected chi connectivity index (χ4v) is 4.66. The van der Waals surface area contributed by atoms with Crippen LogP contribution in [0.5, 0.6) is 0 Å². The summed E-state index contributed by atoms with van der Waals surface area (Å²) in [6.07, 6.45) is 7.80. The van der Waals surface area contributed by atoms with E-state index in [4.69, 9.17) is 4.98 Å². The molecule has 1 aromatic carbocycles. The molecule has 0 saturated carbocycles. The number of fused-ring (bicyclic) bond motifs is 2. The van der Waals surface area contributed by atoms with Gasteiger partial charge >= 0.3 is 0 Å². The van der Waals surface area contributed by atoms with Crippen molar-refractivity contribution in [2.24, 2.45) is 0 Å². The number of benzene rings is 1. The summed E-state index contributed by atoms with van der Waals surface area (Å²) in [6.45, 7) is 4.47. The largest absolute Gasteiger partial charge is 0.298 e. The van der Waals surface area contributed by atoms with Crippen molar-refractivity contribution in [2.45, 2.75) is 38.6 Å². The molecule has 0 fully saturated rings. The number of hydrogen-bond acceptors (Lipinski definition) is 5. The second-order valence-electron chi connectivity index (χ2n) is 6.88. The highest BCUT2D eigenvalue weighted by Gasteiger charge is 2.22. The first kappa shape index (κ1) is 18.6. The van der Waals surface area contributed by atoms with Crippen LogP contribution in [0.3, 0.4) is 0 Å². The Hall–Kier alpha value is -2.80. The van der Waals surface area contributed by atoms with Crippen molar-refractivity contribution < 1.29 is 4.79 Å². The highest BCUT2D eigenvalue weighted by atomic mass is 32.1. The summed E-state index contributed by atoms with van der Waals surface area (Å²) in [5.74, 6) is -0.0638. The van der Waals surface area contributed by atoms with E-state index >= 15 is 0 Å². The van der Waals surface area contributed by atoms with Gasteiger partial charge in [-0.15, -0.1) is 17.9 Å². The SMILES string of the molecule is C=CCN(C(=O)CCn1cnc2ccccc2c1=O)c1nc2c(s1)CCCC2. The van der Waals surface area contributed by atoms with Crippen LogP contribution in [0.2, 0.25) is 0 Å². The molecule has 6 nitrogen and oxygen atoms in total. The van der Waals surface area contributed by atoms with Crippen LogP contribution < -0.4 is 10.5 Å². The van der Waals surface area contributed by atoms with Crippen molar-refractivity contribution in [3.05, 3.63) is 64.2 Å². The summed E-state index contributed by atoms with van der Waals surface area (Å²) in [4.78, 5) is 37.5. The lowest BCUT2D eigenvalue weighted by atomic mass is 10.0. The van der Waals surface area contributed by atoms with Crippen LogP contribution >= 0.6 is 11.3 Å². The third-order valence-corrected chi connectivity index (χ3v) is 6.16. The molecule has 1 amide bonds. The Bertz CT molecular complexity index is 1060. The number of para-hydroxylation sites is 1. The lowest BCUT2D eigenvalue weighted by Gasteiger charge is -2.18. The Morgan fingerprint density at radius 3 is 2.93 bits per heavy atom. The van der Waals surface area contributed by atoms with Crippen LogP contribution in [0.4, 0.5) is 5.13 Å². The van der Waals surface area contributed by atoms with Crippen molar-refractivity contribution in [3.63, 3.8) is 0 Å². The summed E-state index contributed by atoms with van der Waals surface area (Å²) in [5.41, 5.74) is 1.66. The Kier molecular flexibility index (Phi) is 5.34. The van der Waals surface area contributed by atoms with Gasteiger partial charge in [0.05, 0.1) is 22.9 Å². The number of aromatic nitrogens is 3. The molecule has 0 radical (unpaired) electrons. The summed E-state index contributed by atoms with van der Waals surface area (Å²) in [6, 6.07) is 7.23. The minimum atomic E-state index is -0.126. The number of anilines is 1. The van der Waals surface area contributed by atoms with Gasteiger partial charge in [-0.25, -0.2) is 9.97 Å². The summed E-state index contributed by atoms with van der Waals surface area (Å²) in [7, 11) is 0. The second-order valence-corrected chi connectivity index (χ2v) is 7.94. The smallest absolute Gasteiger partial charge is 0.261 e. The van der Waals surface area contributed by atoms with Crippen molar-refractivity contribution in [3.8, 4) is 0 Å². The number of thiazole rings is 1. The molecule has 0 spiro atoms. The topological polar surface area (TPSA) is 68.1 Å². The normalized spacial score (nSPS) is 13.3. The molecule has 1 aliphatic rings. The molecule has 0 aliphatic heterocycles. The number of rotatable bonds is 6. The molecule has 0 unspecified atom stereocenters. The monoisotopic (exact) mass is 394 g/mol. The lowest BCUT2D eigenvalue weighted by molar-refractivity contribution is -0.118. The zero-order valence-electron chi connectivity index (χ0n) is 15.6. The van der Waals surface area contributed by atoms with E-state index in [1.807, 2.05) is 18.2 Å². The summed E-state index contributed by atoms with van der Waals surface area (Å²) < 4.78 is 1.50. The van der Waals surface area contributed by atoms with Crippen LogP contribution in [0.25, 0.3) is 10.9 Å². The first-order chi connectivity index (χ1) is 13.7. The molecule has 0 bridgehead atoms. The Balaban J connectivity index is 1.52. The summed E-state index contributed by atoms with van der Waals surface area (Å²) >= 11 is 1.60. The standard InChI is InChI=1S/C21H22N4O2S/c1-2-12-25(21-23-17-9-5-6-10-18(17)28-21)19(26)11-13-24-14-22-16-8-4-3-7-15(16)20(24)27/h2-4,7-8,14H,1,5-6,9-13H2. The van der Waals surface area contributed by atoms with E-state index in [-0.39, 0.29) is 24.4 Å². The number of nitrogens with zero attached hydrogens (tertiary/aromatic N) is 4. The minimum Gasteiger partial charge on any atom is -0.298 e. The molecule has 0 N–H and O–H groups in total. The molecule has 3 aromatic rings. The molecular formula is C21H22N4O2S. The minimum absolute atomic E-state index is 0.0638. The number of amides is 1. The van der Waals surface area contributed by atoms with Gasteiger partial charge in [0.25, 0.3) is 5.56 Å². The molecule has 0 atom stereocenters. The average molecular weight is 395 g/mol. The van der Waals surface area contributed by atoms with E-state index < -0.39 is 0 Å². The molecular weight excluding hydrogens is 372 g/mol. The molecule has 0 saturated heterocycles. The van der Waals surface area contributed by atoms with Gasteiger partial charge in [-0.2, -0.15) is 0 Å². The van der Waals surface area contributed by atoms with Crippen molar-refractivity contribution in [1.29, 1.82) is 0 Å². The fraction of sp³-hybridized carbons (Fsp3) is 0.333. The van der Waals surface area contributed by atoms with Crippen molar-refractivity contribution in [1.82, 2.24) is 14.5 Å². The first-order valence-corrected chi connectivity index (χ1v) is 10.3. The second kappa shape index (κ2) is 8.06. The zero-order chi connectivity index (χ0) is 19.5. The molecule has 2 heterocycles. The van der Waals surface area contributed by atoms with Crippen LogP contribution in [0.15, 0.2) is 48.0 Å². The van der Waals surface area contributed by atoms with Crippen molar-refractivity contribution >= 4 is 33.3 Å². The fourth-order valence-electron chi connectivity index (χ4n) is 3.49. The van der Waals surface area contributed by atoms with E-state index in [1.165, 1.54) is 22.2 Å². The molecule has 4 rings (SSSR count). The quantitative estimate of drug-likeness (QED) is 0.602. The zero-order valence-corrected chi connectivity index (χ0v) is 16.5. The van der Waals surface area contributed by atoms with Gasteiger partial charge in [0.1, 0.15) is 0 Å². The van der Waals surface area contributed by atoms with E-state index in [2.05, 4.69) is 11.6 Å². The van der Waals surface area contributed by atoms with Crippen LogP contribution in [-0.4, -0.2) is 27.0 Å². The highest BCUT2D eigenvalue weighted by Crippen LogP contribution is 2.32. The molecule has 144 valence electrons. The Morgan fingerprint density at radius 2 is 2.11 bits per heavy atom. The van der Waals surface area contributed by atoms with Gasteiger partial charge in [0.15, 0.2) is 5.13 Å². The van der Waals surface area contributed by atoms with Crippen molar-refractivity contribution in [2.75, 3.05) is 11.4 Å². The van der Waals surface area contributed by atoms with Crippen LogP contribution in [0, 0.1) is 0 Å². The maximum atomic E-state index is 12.9. The third kappa shape index (κ3) is 3.62. The maximum Gasteiger partial charge on any atom is 0.261 e. The van der Waals surface area contributed by atoms with Gasteiger partial charge in [-0.3, -0.25) is 19.1 Å². The average Bonchev–Trinajstić information content (AvgIpc) is 3.15. The molecule has 2 aromatic heterocycles. The van der Waals surface area contributed by atoms with Gasteiger partial charge < -0.3 is 0 Å². The van der Waals surface area contributed by atoms with E-state index in [1.54, 1.807) is 28.4 Å². The number of carbonyl (C=O) groups excluding carboxylic acids is 1. The van der Waals surface area contributed by atoms with Gasteiger partial charge in [0.2, 0.25) is 5.91 Å². The predicted molar refractivity (Wildman–Crippen MR) is 112 cm³/mol. The van der Waals surface area contributed by atoms with Crippen LogP contribution in [-0.2, 0) is 24.2 Å². The molecule has 7 heteroatoms. The molecule has 1 aliphatic carbocycles. The van der Waals surface area contributed by atoms with E-state index in [9.17, 15) is 9.59 Å². The predicted octanol–water partition coefficient (Wildman–Crippen LogP) is 3.34. The Morgan fingerprint density at radius 1 is 1.29 bits per heavy atom. The first-order valence-electron chi connectivity index (χ1n) is 9.51. The van der Waals surface area contributed by atoms with Crippen LogP contribution in [0.1, 0.15) is 29.8 Å². The highest BCUT2D eigenvalue weighted by molar-refractivity contribution is 7.16. The van der Waals surface area contributed by atoms with Gasteiger partial charge in [-0.1, -0.05) is 18.2 Å². The number of carbonyl (C=O) groups is 1. The van der Waals surface area contributed by atoms with E-state index in [0.717, 1.165) is 30.1 Å². The summed E-state index contributed by atoms with van der Waals surface area (Å²) in [5, 5.41) is 1.30. The van der Waals surface area contributed by atoms with Gasteiger partial charge in [-0.05, 0) is 37.8 Å².